The number of carbonyl (C=O) groups is 2. The van der Waals surface area contributed by atoms with Crippen LogP contribution in [0, 0.1) is 5.92 Å². The molecule has 19 heavy (non-hydrogen) atoms. The molecule has 1 fully saturated rings. The van der Waals surface area contributed by atoms with Crippen LogP contribution in [0.5, 0.6) is 0 Å². The highest BCUT2D eigenvalue weighted by Gasteiger charge is 2.18. The molecule has 1 atom stereocenters. The maximum Gasteiger partial charge on any atom is 0.318 e. The highest BCUT2D eigenvalue weighted by Crippen LogP contribution is 2.05. The minimum atomic E-state index is -0.793. The maximum absolute atomic E-state index is 11.5. The van der Waals surface area contributed by atoms with Gasteiger partial charge in [-0.3, -0.25) is 15.0 Å². The second kappa shape index (κ2) is 8.08. The Morgan fingerprint density at radius 1 is 1.21 bits per heavy atom. The quantitative estimate of drug-likeness (QED) is 0.581. The molecule has 0 spiro atoms. The lowest BCUT2D eigenvalue weighted by atomic mass is 10.1. The summed E-state index contributed by atoms with van der Waals surface area (Å²) < 4.78 is 0. The van der Waals surface area contributed by atoms with Gasteiger partial charge in [-0.25, -0.2) is 4.79 Å². The number of primary amides is 1. The number of nitrogens with two attached hydrogens (primary N) is 2. The van der Waals surface area contributed by atoms with Crippen molar-refractivity contribution in [2.24, 2.45) is 17.4 Å². The second-order valence-electron chi connectivity index (χ2n) is 5.18. The van der Waals surface area contributed by atoms with Crippen LogP contribution >= 0.6 is 0 Å². The number of imide groups is 1. The monoisotopic (exact) mass is 271 g/mol. The van der Waals surface area contributed by atoms with Crippen molar-refractivity contribution in [3.8, 4) is 0 Å². The summed E-state index contributed by atoms with van der Waals surface area (Å²) in [5, 5.41) is 2.09. The molecule has 0 saturated carbocycles. The molecule has 0 aromatic carbocycles. The minimum Gasteiger partial charge on any atom is -0.351 e. The second-order valence-corrected chi connectivity index (χ2v) is 5.18. The number of carbonyl (C=O) groups excluding carboxylic acids is 2. The van der Waals surface area contributed by atoms with Crippen molar-refractivity contribution in [1.29, 1.82) is 0 Å². The number of nitrogens with one attached hydrogen (secondary N) is 1. The van der Waals surface area contributed by atoms with Crippen molar-refractivity contribution in [2.75, 3.05) is 45.8 Å². The van der Waals surface area contributed by atoms with Crippen LogP contribution in [0.15, 0.2) is 0 Å². The predicted octanol–water partition coefficient (Wildman–Crippen LogP) is -1.22. The molecule has 1 heterocycles. The highest BCUT2D eigenvalue weighted by molar-refractivity contribution is 5.94. The third kappa shape index (κ3) is 6.51. The van der Waals surface area contributed by atoms with E-state index in [1.807, 2.05) is 4.90 Å². The fourth-order valence-electron chi connectivity index (χ4n) is 2.26. The lowest BCUT2D eigenvalue weighted by molar-refractivity contribution is -0.121. The van der Waals surface area contributed by atoms with E-state index in [9.17, 15) is 9.59 Å². The molecule has 7 heteroatoms. The molecule has 0 aromatic rings. The average molecular weight is 271 g/mol. The first-order valence-electron chi connectivity index (χ1n) is 6.75. The molecule has 0 bridgehead atoms. The van der Waals surface area contributed by atoms with Gasteiger partial charge in [-0.2, -0.15) is 0 Å². The number of rotatable bonds is 5. The largest absolute Gasteiger partial charge is 0.351 e. The zero-order valence-corrected chi connectivity index (χ0v) is 11.6. The van der Waals surface area contributed by atoms with E-state index in [0.717, 1.165) is 39.1 Å². The van der Waals surface area contributed by atoms with Crippen LogP contribution in [-0.2, 0) is 4.79 Å². The Balaban J connectivity index is 2.33. The summed E-state index contributed by atoms with van der Waals surface area (Å²) in [4.78, 5) is 26.5. The summed E-state index contributed by atoms with van der Waals surface area (Å²) in [6, 6.07) is -0.793. The fourth-order valence-corrected chi connectivity index (χ4v) is 2.26. The topological polar surface area (TPSA) is 105 Å². The number of hydrogen-bond donors (Lipinski definition) is 3. The SMILES string of the molecule is CC(CN)CN1CCCN(CC(=O)NC(N)=O)CC1. The molecule has 1 aliphatic rings. The van der Waals surface area contributed by atoms with Gasteiger partial charge < -0.3 is 16.4 Å². The van der Waals surface area contributed by atoms with Crippen LogP contribution in [0.3, 0.4) is 0 Å². The Kier molecular flexibility index (Phi) is 6.75. The van der Waals surface area contributed by atoms with Gasteiger partial charge in [0, 0.05) is 19.6 Å². The van der Waals surface area contributed by atoms with Gasteiger partial charge in [0.15, 0.2) is 0 Å². The van der Waals surface area contributed by atoms with Gasteiger partial charge in [-0.05, 0) is 32.0 Å². The summed E-state index contributed by atoms with van der Waals surface area (Å²) in [6.45, 7) is 7.70. The number of hydrogen-bond acceptors (Lipinski definition) is 5. The van der Waals surface area contributed by atoms with E-state index >= 15 is 0 Å². The summed E-state index contributed by atoms with van der Waals surface area (Å²) in [5.74, 6) is 0.154. The molecule has 3 amide bonds. The maximum atomic E-state index is 11.5. The van der Waals surface area contributed by atoms with Crippen LogP contribution in [0.2, 0.25) is 0 Å². The smallest absolute Gasteiger partial charge is 0.318 e. The van der Waals surface area contributed by atoms with Crippen molar-refractivity contribution in [3.05, 3.63) is 0 Å². The van der Waals surface area contributed by atoms with Crippen molar-refractivity contribution in [2.45, 2.75) is 13.3 Å². The number of amides is 3. The van der Waals surface area contributed by atoms with Crippen molar-refractivity contribution in [3.63, 3.8) is 0 Å². The van der Waals surface area contributed by atoms with E-state index in [0.29, 0.717) is 12.5 Å². The van der Waals surface area contributed by atoms with Crippen LogP contribution in [0.4, 0.5) is 4.79 Å². The van der Waals surface area contributed by atoms with Gasteiger partial charge in [0.2, 0.25) is 5.91 Å². The van der Waals surface area contributed by atoms with Gasteiger partial charge >= 0.3 is 6.03 Å². The Hall–Kier alpha value is -1.18. The first-order valence-corrected chi connectivity index (χ1v) is 6.75. The van der Waals surface area contributed by atoms with Gasteiger partial charge in [0.25, 0.3) is 0 Å². The lowest BCUT2D eigenvalue weighted by Crippen LogP contribution is -2.43. The van der Waals surface area contributed by atoms with Crippen LogP contribution in [0.1, 0.15) is 13.3 Å². The van der Waals surface area contributed by atoms with E-state index in [-0.39, 0.29) is 12.5 Å². The van der Waals surface area contributed by atoms with Crippen LogP contribution < -0.4 is 16.8 Å². The summed E-state index contributed by atoms with van der Waals surface area (Å²) in [6.07, 6.45) is 1.02. The van der Waals surface area contributed by atoms with E-state index in [1.54, 1.807) is 0 Å². The molecule has 7 nitrogen and oxygen atoms in total. The van der Waals surface area contributed by atoms with E-state index in [4.69, 9.17) is 11.5 Å². The van der Waals surface area contributed by atoms with Gasteiger partial charge in [0.05, 0.1) is 6.54 Å². The van der Waals surface area contributed by atoms with Gasteiger partial charge in [-0.1, -0.05) is 6.92 Å². The van der Waals surface area contributed by atoms with Crippen molar-refractivity contribution >= 4 is 11.9 Å². The minimum absolute atomic E-state index is 0.225. The molecule has 1 aliphatic heterocycles. The lowest BCUT2D eigenvalue weighted by Gasteiger charge is -2.23. The molecule has 0 aliphatic carbocycles. The van der Waals surface area contributed by atoms with Crippen molar-refractivity contribution in [1.82, 2.24) is 15.1 Å². The Labute approximate surface area is 114 Å². The van der Waals surface area contributed by atoms with Crippen molar-refractivity contribution < 1.29 is 9.59 Å². The van der Waals surface area contributed by atoms with E-state index in [2.05, 4.69) is 17.1 Å². The molecule has 110 valence electrons. The third-order valence-corrected chi connectivity index (χ3v) is 3.28. The average Bonchev–Trinajstić information content (AvgIpc) is 2.53. The van der Waals surface area contributed by atoms with Crippen LogP contribution in [0.25, 0.3) is 0 Å². The number of urea groups is 1. The summed E-state index contributed by atoms with van der Waals surface area (Å²) in [5.41, 5.74) is 10.5. The highest BCUT2D eigenvalue weighted by atomic mass is 16.2. The Morgan fingerprint density at radius 2 is 1.84 bits per heavy atom. The molecular formula is C12H25N5O2. The molecule has 1 unspecified atom stereocenters. The van der Waals surface area contributed by atoms with Crippen LogP contribution in [-0.4, -0.2) is 67.6 Å². The third-order valence-electron chi connectivity index (χ3n) is 3.28. The summed E-state index contributed by atoms with van der Waals surface area (Å²) >= 11 is 0. The van der Waals surface area contributed by atoms with Gasteiger partial charge in [-0.15, -0.1) is 0 Å². The van der Waals surface area contributed by atoms with Gasteiger partial charge in [0.1, 0.15) is 0 Å². The Bertz CT molecular complexity index is 310. The molecule has 1 rings (SSSR count). The first-order chi connectivity index (χ1) is 9.01. The summed E-state index contributed by atoms with van der Waals surface area (Å²) in [7, 11) is 0. The first kappa shape index (κ1) is 15.9. The fraction of sp³-hybridized carbons (Fsp3) is 0.833. The molecular weight excluding hydrogens is 246 g/mol. The standard InChI is InChI=1S/C12H25N5O2/c1-10(7-13)8-16-3-2-4-17(6-5-16)9-11(18)15-12(14)19/h10H,2-9,13H2,1H3,(H3,14,15,18,19). The molecule has 0 aromatic heterocycles. The van der Waals surface area contributed by atoms with E-state index in [1.165, 1.54) is 0 Å². The zero-order valence-electron chi connectivity index (χ0n) is 11.6. The predicted molar refractivity (Wildman–Crippen MR) is 73.4 cm³/mol. The van der Waals surface area contributed by atoms with E-state index < -0.39 is 6.03 Å². The normalized spacial score (nSPS) is 19.7. The molecule has 0 radical (unpaired) electrons. The molecule has 1 saturated heterocycles. The Morgan fingerprint density at radius 3 is 2.47 bits per heavy atom. The molecule has 5 N–H and O–H groups in total. The number of nitrogens with zero attached hydrogens (tertiary/aromatic N) is 2. The zero-order chi connectivity index (χ0) is 14.3.